The van der Waals surface area contributed by atoms with Gasteiger partial charge in [0.25, 0.3) is 0 Å². The van der Waals surface area contributed by atoms with E-state index in [1.54, 1.807) is 39.6 Å². The van der Waals surface area contributed by atoms with Crippen LogP contribution in [0.3, 0.4) is 0 Å². The first kappa shape index (κ1) is 41.1. The number of likely N-dealkylation sites (N-methyl/N-ethyl adjacent to an activating group) is 1. The van der Waals surface area contributed by atoms with Crippen LogP contribution in [0.25, 0.3) is 0 Å². The summed E-state index contributed by atoms with van der Waals surface area (Å²) >= 11 is 1.61. The van der Waals surface area contributed by atoms with Crippen LogP contribution in [0.1, 0.15) is 52.9 Å². The fourth-order valence-electron chi connectivity index (χ4n) is 4.04. The molecule has 0 aromatic rings. The Morgan fingerprint density at radius 2 is 1.52 bits per heavy atom. The molecule has 2 amide bonds. The van der Waals surface area contributed by atoms with E-state index in [9.17, 15) is 33.9 Å². The van der Waals surface area contributed by atoms with Gasteiger partial charge in [-0.2, -0.15) is 11.8 Å². The molecule has 0 unspecified atom stereocenters. The maximum absolute atomic E-state index is 13.6. The van der Waals surface area contributed by atoms with E-state index >= 15 is 0 Å². The number of aldehydes is 1. The number of hydrogen-bond acceptors (Lipinski definition) is 13. The van der Waals surface area contributed by atoms with Crippen LogP contribution in [0.4, 0.5) is 0 Å². The number of rotatable bonds is 26. The Kier molecular flexibility index (Phi) is 21.1. The monoisotopic (exact) mass is 644 g/mol. The highest BCUT2D eigenvalue weighted by Gasteiger charge is 2.31. The van der Waals surface area contributed by atoms with E-state index < -0.39 is 60.3 Å². The molecular formula is C28H52N8O7S. The molecule has 0 saturated heterocycles. The minimum Gasteiger partial charge on any atom is -0.481 e. The molecule has 44 heavy (non-hydrogen) atoms. The van der Waals surface area contributed by atoms with Crippen LogP contribution in [-0.4, -0.2) is 109 Å². The SMILES string of the molecule is C=C(N[C@@H](CCCNC(N)N)C(=O)N[C@@H](CCC(=O)O)C(=O)N[C@H](C(=O)C=O)C(C)C)[C@H](CCSC)NCC(=O)[C@H](C)NC. The van der Waals surface area contributed by atoms with E-state index in [1.807, 2.05) is 6.26 Å². The first-order chi connectivity index (χ1) is 20.7. The molecule has 0 aromatic heterocycles. The van der Waals surface area contributed by atoms with Crippen LogP contribution in [0.15, 0.2) is 12.3 Å². The molecule has 0 aliphatic carbocycles. The molecule has 15 nitrogen and oxygen atoms in total. The number of carboxylic acid groups (broad SMARTS) is 1. The van der Waals surface area contributed by atoms with E-state index in [-0.39, 0.29) is 43.5 Å². The molecule has 0 heterocycles. The van der Waals surface area contributed by atoms with Crippen molar-refractivity contribution in [2.75, 3.05) is 32.1 Å². The third-order valence-corrected chi connectivity index (χ3v) is 7.51. The van der Waals surface area contributed by atoms with E-state index in [1.165, 1.54) is 0 Å². The number of aliphatic carboxylic acids is 1. The van der Waals surface area contributed by atoms with Crippen LogP contribution in [0.2, 0.25) is 0 Å². The summed E-state index contributed by atoms with van der Waals surface area (Å²) < 4.78 is 0. The Morgan fingerprint density at radius 3 is 2.05 bits per heavy atom. The van der Waals surface area contributed by atoms with Crippen LogP contribution < -0.4 is 43.4 Å². The zero-order valence-corrected chi connectivity index (χ0v) is 27.3. The third kappa shape index (κ3) is 16.8. The van der Waals surface area contributed by atoms with E-state index in [2.05, 4.69) is 38.5 Å². The zero-order chi connectivity index (χ0) is 33.8. The average molecular weight is 645 g/mol. The van der Waals surface area contributed by atoms with Gasteiger partial charge in [0, 0.05) is 18.2 Å². The number of ketones is 2. The largest absolute Gasteiger partial charge is 0.481 e. The van der Waals surface area contributed by atoms with E-state index in [0.717, 1.165) is 5.75 Å². The van der Waals surface area contributed by atoms with Gasteiger partial charge in [-0.1, -0.05) is 20.4 Å². The van der Waals surface area contributed by atoms with Gasteiger partial charge in [-0.25, -0.2) is 0 Å². The molecule has 0 bridgehead atoms. The molecule has 5 atom stereocenters. The lowest BCUT2D eigenvalue weighted by Gasteiger charge is -2.29. The molecule has 0 rings (SSSR count). The lowest BCUT2D eigenvalue weighted by Crippen LogP contribution is -2.56. The van der Waals surface area contributed by atoms with Crippen LogP contribution in [0, 0.1) is 5.92 Å². The third-order valence-electron chi connectivity index (χ3n) is 6.86. The van der Waals surface area contributed by atoms with Gasteiger partial charge in [0.05, 0.1) is 18.6 Å². The van der Waals surface area contributed by atoms with E-state index in [0.29, 0.717) is 25.1 Å². The summed E-state index contributed by atoms with van der Waals surface area (Å²) in [6.07, 6.45) is 1.91. The quantitative estimate of drug-likeness (QED) is 0.0218. The number of carbonyl (C=O) groups is 6. The summed E-state index contributed by atoms with van der Waals surface area (Å²) in [7, 11) is 1.69. The minimum atomic E-state index is -1.31. The second kappa shape index (κ2) is 22.6. The van der Waals surface area contributed by atoms with Crippen molar-refractivity contribution in [1.82, 2.24) is 31.9 Å². The lowest BCUT2D eigenvalue weighted by molar-refractivity contribution is -0.138. The maximum Gasteiger partial charge on any atom is 0.303 e. The number of amides is 2. The Hall–Kier alpha value is -2.89. The van der Waals surface area contributed by atoms with E-state index in [4.69, 9.17) is 11.5 Å². The van der Waals surface area contributed by atoms with Gasteiger partial charge in [-0.15, -0.1) is 0 Å². The van der Waals surface area contributed by atoms with Crippen LogP contribution >= 0.6 is 11.8 Å². The smallest absolute Gasteiger partial charge is 0.303 e. The summed E-state index contributed by atoms with van der Waals surface area (Å²) in [6, 6.07) is -4.08. The number of hydrogen-bond donors (Lipinski definition) is 9. The molecule has 0 aliphatic heterocycles. The Bertz CT molecular complexity index is 966. The second-order valence-electron chi connectivity index (χ2n) is 10.8. The van der Waals surface area contributed by atoms with Crippen molar-refractivity contribution in [1.29, 1.82) is 0 Å². The lowest BCUT2D eigenvalue weighted by atomic mass is 9.99. The fraction of sp³-hybridized carbons (Fsp3) is 0.714. The van der Waals surface area contributed by atoms with Crippen LogP contribution in [0.5, 0.6) is 0 Å². The van der Waals surface area contributed by atoms with Gasteiger partial charge < -0.3 is 43.2 Å². The predicted molar refractivity (Wildman–Crippen MR) is 170 cm³/mol. The van der Waals surface area contributed by atoms with Crippen molar-refractivity contribution >= 4 is 47.4 Å². The number of carboxylic acids is 1. The highest BCUT2D eigenvalue weighted by molar-refractivity contribution is 7.98. The summed E-state index contributed by atoms with van der Waals surface area (Å²) in [5.41, 5.74) is 11.6. The summed E-state index contributed by atoms with van der Waals surface area (Å²) in [5, 5.41) is 26.4. The normalized spacial score (nSPS) is 14.7. The van der Waals surface area contributed by atoms with Crippen molar-refractivity contribution in [2.45, 2.75) is 89.4 Å². The molecular weight excluding hydrogens is 592 g/mol. The Balaban J connectivity index is 5.99. The fourth-order valence-corrected chi connectivity index (χ4v) is 4.52. The minimum absolute atomic E-state index is 0.0482. The average Bonchev–Trinajstić information content (AvgIpc) is 2.97. The highest BCUT2D eigenvalue weighted by Crippen LogP contribution is 2.11. The van der Waals surface area contributed by atoms with Gasteiger partial charge in [0.2, 0.25) is 17.6 Å². The van der Waals surface area contributed by atoms with Gasteiger partial charge in [0.15, 0.2) is 12.1 Å². The molecule has 0 radical (unpaired) electrons. The molecule has 11 N–H and O–H groups in total. The van der Waals surface area contributed by atoms with Gasteiger partial charge in [-0.05, 0) is 64.1 Å². The summed E-state index contributed by atoms with van der Waals surface area (Å²) in [5.74, 6) is -3.16. The summed E-state index contributed by atoms with van der Waals surface area (Å²) in [4.78, 5) is 73.6. The standard InChI is InChI=1S/C28H52N8O7S/c1-16(2)25(23(39)15-37)36-27(43)21(9-10-24(40)41)35-26(42)20(8-7-12-32-28(29)30)34-17(3)19(11-13-44-6)33-14-22(38)18(4)31-5/h15-16,18-21,25,28,31-34H,3,7-14,29-30H2,1-2,4-6H3,(H,35,42)(H,36,43)(H,40,41)/t18-,19-,20-,21-,25-/m0/s1. The molecule has 0 aromatic carbocycles. The van der Waals surface area contributed by atoms with Gasteiger partial charge in [-0.3, -0.25) is 34.1 Å². The van der Waals surface area contributed by atoms with Gasteiger partial charge >= 0.3 is 5.97 Å². The molecule has 0 spiro atoms. The predicted octanol–water partition coefficient (Wildman–Crippen LogP) is -1.82. The molecule has 252 valence electrons. The van der Waals surface area contributed by atoms with Crippen LogP contribution in [-0.2, 0) is 28.8 Å². The summed E-state index contributed by atoms with van der Waals surface area (Å²) in [6.45, 7) is 9.60. The highest BCUT2D eigenvalue weighted by atomic mass is 32.2. The number of nitrogens with one attached hydrogen (secondary N) is 6. The maximum atomic E-state index is 13.6. The van der Waals surface area contributed by atoms with Crippen molar-refractivity contribution in [2.24, 2.45) is 17.4 Å². The Labute approximate surface area is 264 Å². The molecule has 0 aliphatic rings. The van der Waals surface area contributed by atoms with Crippen molar-refractivity contribution in [3.05, 3.63) is 12.3 Å². The molecule has 16 heteroatoms. The number of nitrogens with two attached hydrogens (primary N) is 2. The van der Waals surface area contributed by atoms with Gasteiger partial charge in [0.1, 0.15) is 18.4 Å². The number of thioether (sulfide) groups is 1. The first-order valence-corrected chi connectivity index (χ1v) is 16.0. The molecule has 0 saturated carbocycles. The Morgan fingerprint density at radius 1 is 0.909 bits per heavy atom. The van der Waals surface area contributed by atoms with Crippen molar-refractivity contribution < 1.29 is 33.9 Å². The van der Waals surface area contributed by atoms with Crippen molar-refractivity contribution in [3.8, 4) is 0 Å². The number of Topliss-reactive ketones (excluding diaryl/α,β-unsaturated/α-hetero) is 2. The zero-order valence-electron chi connectivity index (χ0n) is 26.4. The van der Waals surface area contributed by atoms with Crippen molar-refractivity contribution in [3.63, 3.8) is 0 Å². The number of carbonyl (C=O) groups excluding carboxylic acids is 5. The second-order valence-corrected chi connectivity index (χ2v) is 11.8. The topological polar surface area (TPSA) is 247 Å². The molecule has 0 fully saturated rings. The first-order valence-electron chi connectivity index (χ1n) is 14.6.